The molecule has 0 N–H and O–H groups in total. The van der Waals surface area contributed by atoms with Crippen LogP contribution in [0.1, 0.15) is 57.9 Å². The van der Waals surface area contributed by atoms with E-state index < -0.39 is 0 Å². The van der Waals surface area contributed by atoms with Crippen LogP contribution in [-0.4, -0.2) is 6.10 Å². The fourth-order valence-electron chi connectivity index (χ4n) is 2.80. The van der Waals surface area contributed by atoms with Gasteiger partial charge in [-0.1, -0.05) is 57.4 Å². The Morgan fingerprint density at radius 3 is 2.04 bits per heavy atom. The second-order valence-electron chi connectivity index (χ2n) is 6.21. The maximum absolute atomic E-state index is 8.87. The molecule has 0 aliphatic carbocycles. The minimum atomic E-state index is 0.308. The molecule has 0 bridgehead atoms. The molecule has 0 radical (unpaired) electrons. The maximum atomic E-state index is 8.87. The summed E-state index contributed by atoms with van der Waals surface area (Å²) in [5.74, 6) is 0.940. The number of unbranched alkanes of at least 4 members (excludes halogenated alkanes) is 3. The van der Waals surface area contributed by atoms with Gasteiger partial charge in [-0.3, -0.25) is 0 Å². The molecule has 0 aromatic heterocycles. The average Bonchev–Trinajstić information content (AvgIpc) is 2.65. The summed E-state index contributed by atoms with van der Waals surface area (Å²) in [5.41, 5.74) is 2.95. The third-order valence-electron chi connectivity index (χ3n) is 4.34. The molecule has 0 heterocycles. The van der Waals surface area contributed by atoms with Gasteiger partial charge in [0.2, 0.25) is 0 Å². The van der Waals surface area contributed by atoms with E-state index in [0.717, 1.165) is 29.7 Å². The lowest BCUT2D eigenvalue weighted by Gasteiger charge is -2.18. The lowest BCUT2D eigenvalue weighted by molar-refractivity contribution is 0.182. The van der Waals surface area contributed by atoms with E-state index >= 15 is 0 Å². The van der Waals surface area contributed by atoms with E-state index in [4.69, 9.17) is 10.00 Å². The zero-order chi connectivity index (χ0) is 17.2. The van der Waals surface area contributed by atoms with Crippen molar-refractivity contribution < 1.29 is 4.74 Å². The van der Waals surface area contributed by atoms with Crippen LogP contribution in [0.3, 0.4) is 0 Å². The van der Waals surface area contributed by atoms with Crippen molar-refractivity contribution >= 4 is 0 Å². The molecule has 0 saturated heterocycles. The highest BCUT2D eigenvalue weighted by Crippen LogP contribution is 2.24. The van der Waals surface area contributed by atoms with Crippen molar-refractivity contribution in [3.05, 3.63) is 54.1 Å². The van der Waals surface area contributed by atoms with Crippen LogP contribution in [0.4, 0.5) is 0 Å². The zero-order valence-corrected chi connectivity index (χ0v) is 14.8. The number of rotatable bonds is 9. The lowest BCUT2D eigenvalue weighted by Crippen LogP contribution is -2.15. The summed E-state index contributed by atoms with van der Waals surface area (Å²) in [4.78, 5) is 0. The van der Waals surface area contributed by atoms with E-state index in [0.29, 0.717) is 11.7 Å². The summed E-state index contributed by atoms with van der Waals surface area (Å²) >= 11 is 0. The molecule has 2 aromatic carbocycles. The van der Waals surface area contributed by atoms with Crippen LogP contribution in [-0.2, 0) is 0 Å². The predicted molar refractivity (Wildman–Crippen MR) is 100 cm³/mol. The molecule has 1 unspecified atom stereocenters. The van der Waals surface area contributed by atoms with Crippen LogP contribution in [0.5, 0.6) is 5.75 Å². The maximum Gasteiger partial charge on any atom is 0.119 e. The van der Waals surface area contributed by atoms with E-state index in [1.807, 2.05) is 36.4 Å². The number of hydrogen-bond donors (Lipinski definition) is 0. The highest BCUT2D eigenvalue weighted by atomic mass is 16.5. The molecule has 0 saturated carbocycles. The fraction of sp³-hybridized carbons (Fsp3) is 0.409. The molecule has 2 nitrogen and oxygen atoms in total. The Bertz CT molecular complexity index is 637. The second kappa shape index (κ2) is 9.78. The van der Waals surface area contributed by atoms with Gasteiger partial charge in [-0.15, -0.1) is 0 Å². The van der Waals surface area contributed by atoms with Crippen LogP contribution in [0.25, 0.3) is 11.1 Å². The van der Waals surface area contributed by atoms with Crippen molar-refractivity contribution in [2.45, 2.75) is 58.5 Å². The van der Waals surface area contributed by atoms with E-state index in [1.165, 1.54) is 25.7 Å². The number of nitriles is 1. The largest absolute Gasteiger partial charge is 0.490 e. The monoisotopic (exact) mass is 321 g/mol. The summed E-state index contributed by atoms with van der Waals surface area (Å²) < 4.78 is 6.13. The molecule has 0 fully saturated rings. The SMILES string of the molecule is CCCCCCC(CC)Oc1ccc(-c2ccc(C#N)cc2)cc1. The standard InChI is InChI=1S/C22H27NO/c1-3-5-6-7-8-21(4-2)24-22-15-13-20(14-16-22)19-11-9-18(17-23)10-12-19/h9-16,21H,3-8H2,1-2H3. The number of ether oxygens (including phenoxy) is 1. The van der Waals surface area contributed by atoms with Gasteiger partial charge in [-0.25, -0.2) is 0 Å². The Morgan fingerprint density at radius 1 is 0.875 bits per heavy atom. The predicted octanol–water partition coefficient (Wildman–Crippen LogP) is 6.35. The Kier molecular flexibility index (Phi) is 7.36. The van der Waals surface area contributed by atoms with Gasteiger partial charge >= 0.3 is 0 Å². The van der Waals surface area contributed by atoms with E-state index in [1.54, 1.807) is 0 Å². The van der Waals surface area contributed by atoms with Gasteiger partial charge in [0.15, 0.2) is 0 Å². The smallest absolute Gasteiger partial charge is 0.119 e. The van der Waals surface area contributed by atoms with Gasteiger partial charge in [0.25, 0.3) is 0 Å². The Hall–Kier alpha value is -2.27. The molecule has 2 rings (SSSR count). The first-order valence-corrected chi connectivity index (χ1v) is 9.04. The zero-order valence-electron chi connectivity index (χ0n) is 14.8. The third kappa shape index (κ3) is 5.42. The minimum absolute atomic E-state index is 0.308. The molecule has 2 aromatic rings. The topological polar surface area (TPSA) is 33.0 Å². The van der Waals surface area contributed by atoms with E-state index in [9.17, 15) is 0 Å². The molecule has 0 aliphatic rings. The van der Waals surface area contributed by atoms with Crippen LogP contribution >= 0.6 is 0 Å². The molecular weight excluding hydrogens is 294 g/mol. The molecule has 1 atom stereocenters. The van der Waals surface area contributed by atoms with Gasteiger partial charge in [0.1, 0.15) is 5.75 Å². The van der Waals surface area contributed by atoms with Gasteiger partial charge in [-0.2, -0.15) is 5.26 Å². The van der Waals surface area contributed by atoms with Crippen LogP contribution < -0.4 is 4.74 Å². The molecule has 0 spiro atoms. The summed E-state index contributed by atoms with van der Waals surface area (Å²) in [5, 5.41) is 8.87. The van der Waals surface area contributed by atoms with E-state index in [2.05, 4.69) is 32.0 Å². The lowest BCUT2D eigenvalue weighted by atomic mass is 10.0. The Morgan fingerprint density at radius 2 is 1.50 bits per heavy atom. The molecular formula is C22H27NO. The Balaban J connectivity index is 1.94. The third-order valence-corrected chi connectivity index (χ3v) is 4.34. The quantitative estimate of drug-likeness (QED) is 0.504. The number of benzene rings is 2. The molecule has 0 aliphatic heterocycles. The van der Waals surface area contributed by atoms with Crippen molar-refractivity contribution in [2.24, 2.45) is 0 Å². The van der Waals surface area contributed by atoms with Crippen molar-refractivity contribution in [2.75, 3.05) is 0 Å². The summed E-state index contributed by atoms with van der Waals surface area (Å²) in [6.07, 6.45) is 7.62. The molecule has 126 valence electrons. The van der Waals surface area contributed by atoms with Gasteiger partial charge in [0.05, 0.1) is 17.7 Å². The highest BCUT2D eigenvalue weighted by molar-refractivity contribution is 5.64. The normalized spacial score (nSPS) is 11.7. The summed E-state index contributed by atoms with van der Waals surface area (Å²) in [7, 11) is 0. The number of nitrogens with zero attached hydrogens (tertiary/aromatic N) is 1. The second-order valence-corrected chi connectivity index (χ2v) is 6.21. The van der Waals surface area contributed by atoms with Crippen LogP contribution in [0.2, 0.25) is 0 Å². The van der Waals surface area contributed by atoms with Crippen LogP contribution in [0.15, 0.2) is 48.5 Å². The van der Waals surface area contributed by atoms with Gasteiger partial charge in [-0.05, 0) is 54.7 Å². The van der Waals surface area contributed by atoms with Crippen molar-refractivity contribution in [1.82, 2.24) is 0 Å². The first-order valence-electron chi connectivity index (χ1n) is 9.04. The fourth-order valence-corrected chi connectivity index (χ4v) is 2.80. The van der Waals surface area contributed by atoms with Gasteiger partial charge in [0, 0.05) is 0 Å². The number of hydrogen-bond acceptors (Lipinski definition) is 2. The highest BCUT2D eigenvalue weighted by Gasteiger charge is 2.08. The van der Waals surface area contributed by atoms with Crippen LogP contribution in [0, 0.1) is 11.3 Å². The molecule has 24 heavy (non-hydrogen) atoms. The van der Waals surface area contributed by atoms with E-state index in [-0.39, 0.29) is 0 Å². The average molecular weight is 321 g/mol. The first kappa shape index (κ1) is 18.1. The van der Waals surface area contributed by atoms with Crippen molar-refractivity contribution in [3.8, 4) is 22.9 Å². The van der Waals surface area contributed by atoms with Crippen molar-refractivity contribution in [1.29, 1.82) is 5.26 Å². The summed E-state index contributed by atoms with van der Waals surface area (Å²) in [6, 6.07) is 18.1. The first-order chi connectivity index (χ1) is 11.8. The molecule has 0 amide bonds. The summed E-state index contributed by atoms with van der Waals surface area (Å²) in [6.45, 7) is 4.43. The Labute approximate surface area is 146 Å². The minimum Gasteiger partial charge on any atom is -0.490 e. The molecule has 2 heteroatoms. The van der Waals surface area contributed by atoms with Crippen molar-refractivity contribution in [3.63, 3.8) is 0 Å². The van der Waals surface area contributed by atoms with Gasteiger partial charge < -0.3 is 4.74 Å².